The molecule has 0 spiro atoms. The first-order chi connectivity index (χ1) is 24.3. The molecule has 0 radical (unpaired) electrons. The molecule has 3 amide bonds. The molecule has 0 unspecified atom stereocenters. The van der Waals surface area contributed by atoms with Crippen LogP contribution in [0.5, 0.6) is 0 Å². The number of nitrogens with one attached hydrogen (secondary N) is 2. The maximum atomic E-state index is 13.6. The van der Waals surface area contributed by atoms with Crippen LogP contribution in [0.4, 0.5) is 4.79 Å². The van der Waals surface area contributed by atoms with Gasteiger partial charge in [0, 0.05) is 19.5 Å². The number of amides is 3. The zero-order valence-electron chi connectivity index (χ0n) is 29.3. The molecule has 2 aromatic rings. The number of allylic oxidation sites excluding steroid dienone is 2. The van der Waals surface area contributed by atoms with Crippen LogP contribution in [0, 0.1) is 11.8 Å². The summed E-state index contributed by atoms with van der Waals surface area (Å²) in [6.45, 7) is 8.59. The molecule has 3 N–H and O–H groups in total. The van der Waals surface area contributed by atoms with E-state index in [-0.39, 0.29) is 56.0 Å². The molecule has 1 fully saturated rings. The maximum Gasteiger partial charge on any atom is 0.407 e. The molecular weight excluding hydrogens is 634 g/mol. The Morgan fingerprint density at radius 2 is 1.62 bits per heavy atom. The predicted molar refractivity (Wildman–Crippen MR) is 194 cm³/mol. The van der Waals surface area contributed by atoms with Crippen LogP contribution < -0.4 is 10.6 Å². The Morgan fingerprint density at radius 3 is 2.30 bits per heavy atom. The lowest BCUT2D eigenvalue weighted by molar-refractivity contribution is -0.150. The fourth-order valence-electron chi connectivity index (χ4n) is 6.17. The molecule has 4 atom stereocenters. The van der Waals surface area contributed by atoms with Gasteiger partial charge in [-0.25, -0.2) is 4.79 Å². The van der Waals surface area contributed by atoms with Crippen molar-refractivity contribution >= 4 is 23.9 Å². The van der Waals surface area contributed by atoms with Crippen molar-refractivity contribution in [2.75, 3.05) is 26.3 Å². The van der Waals surface area contributed by atoms with E-state index in [1.54, 1.807) is 11.0 Å². The fourth-order valence-corrected chi connectivity index (χ4v) is 6.17. The molecule has 0 saturated carbocycles. The monoisotopic (exact) mass is 689 g/mol. The van der Waals surface area contributed by atoms with Crippen LogP contribution in [0.2, 0.25) is 0 Å². The number of benzene rings is 2. The van der Waals surface area contributed by atoms with Gasteiger partial charge in [0.05, 0.1) is 30.5 Å². The molecule has 3 rings (SSSR count). The number of likely N-dealkylation sites (tertiary alicyclic amines) is 1. The van der Waals surface area contributed by atoms with Gasteiger partial charge in [-0.1, -0.05) is 72.8 Å². The first-order valence-corrected chi connectivity index (χ1v) is 17.9. The van der Waals surface area contributed by atoms with Gasteiger partial charge in [-0.15, -0.1) is 13.2 Å². The molecule has 10 nitrogen and oxygen atoms in total. The van der Waals surface area contributed by atoms with E-state index >= 15 is 0 Å². The van der Waals surface area contributed by atoms with Crippen LogP contribution in [-0.4, -0.2) is 72.3 Å². The third kappa shape index (κ3) is 14.6. The summed E-state index contributed by atoms with van der Waals surface area (Å²) in [7, 11) is 0. The van der Waals surface area contributed by atoms with Crippen molar-refractivity contribution < 1.29 is 33.8 Å². The molecule has 0 aromatic heterocycles. The van der Waals surface area contributed by atoms with E-state index in [0.29, 0.717) is 51.6 Å². The topological polar surface area (TPSA) is 134 Å². The quantitative estimate of drug-likeness (QED) is 0.0753. The van der Waals surface area contributed by atoms with Crippen LogP contribution in [-0.2, 0) is 36.9 Å². The smallest absolute Gasteiger partial charge is 0.407 e. The van der Waals surface area contributed by atoms with E-state index in [4.69, 9.17) is 9.47 Å². The number of carbonyl (C=O) groups is 4. The highest BCUT2D eigenvalue weighted by Crippen LogP contribution is 2.22. The van der Waals surface area contributed by atoms with Gasteiger partial charge in [-0.05, 0) is 75.3 Å². The molecule has 0 bridgehead atoms. The number of nitrogens with zero attached hydrogens (tertiary/aromatic N) is 1. The molecule has 1 aliphatic rings. The SMILES string of the molecule is C=CCCC[C@H](Cc1ccccc1)C(=O)OC[C@H](CCCCNC(=O)OCc1ccccc1)NC(=O)[C@@H](CC=C)CC(=O)N1CCC[C@H]1CO. The minimum atomic E-state index is -0.649. The summed E-state index contributed by atoms with van der Waals surface area (Å²) in [5, 5.41) is 15.5. The number of hydrogen-bond acceptors (Lipinski definition) is 7. The van der Waals surface area contributed by atoms with Crippen molar-refractivity contribution in [2.45, 2.75) is 89.3 Å². The Hall–Kier alpha value is -4.44. The van der Waals surface area contributed by atoms with Crippen molar-refractivity contribution in [3.05, 3.63) is 97.1 Å². The Kier molecular flexibility index (Phi) is 18.4. The minimum Gasteiger partial charge on any atom is -0.463 e. The number of unbranched alkanes of at least 4 members (excludes halogenated alkanes) is 2. The average Bonchev–Trinajstić information content (AvgIpc) is 3.62. The predicted octanol–water partition coefficient (Wildman–Crippen LogP) is 5.89. The van der Waals surface area contributed by atoms with Crippen molar-refractivity contribution in [1.29, 1.82) is 0 Å². The van der Waals surface area contributed by atoms with Crippen LogP contribution in [0.3, 0.4) is 0 Å². The van der Waals surface area contributed by atoms with Gasteiger partial charge in [-0.3, -0.25) is 14.4 Å². The van der Waals surface area contributed by atoms with Gasteiger partial charge < -0.3 is 30.1 Å². The van der Waals surface area contributed by atoms with Gasteiger partial charge in [0.25, 0.3) is 0 Å². The van der Waals surface area contributed by atoms with Crippen LogP contribution in [0.25, 0.3) is 0 Å². The van der Waals surface area contributed by atoms with E-state index in [2.05, 4.69) is 23.8 Å². The molecule has 1 saturated heterocycles. The summed E-state index contributed by atoms with van der Waals surface area (Å²) in [4.78, 5) is 54.0. The molecule has 1 heterocycles. The molecular formula is C40H55N3O7. The van der Waals surface area contributed by atoms with Gasteiger partial charge in [0.1, 0.15) is 13.2 Å². The molecule has 50 heavy (non-hydrogen) atoms. The lowest BCUT2D eigenvalue weighted by atomic mass is 9.94. The lowest BCUT2D eigenvalue weighted by Crippen LogP contribution is -2.44. The number of aliphatic hydroxyl groups is 1. The summed E-state index contributed by atoms with van der Waals surface area (Å²) in [6.07, 6.45) is 9.37. The van der Waals surface area contributed by atoms with Crippen molar-refractivity contribution in [1.82, 2.24) is 15.5 Å². The zero-order valence-corrected chi connectivity index (χ0v) is 29.3. The largest absolute Gasteiger partial charge is 0.463 e. The Balaban J connectivity index is 1.60. The zero-order chi connectivity index (χ0) is 36.0. The highest BCUT2D eigenvalue weighted by Gasteiger charge is 2.32. The van der Waals surface area contributed by atoms with E-state index in [0.717, 1.165) is 36.8 Å². The highest BCUT2D eigenvalue weighted by molar-refractivity contribution is 5.86. The number of aliphatic hydroxyl groups excluding tert-OH is 1. The fraction of sp³-hybridized carbons (Fsp3) is 0.500. The Labute approximate surface area is 297 Å². The van der Waals surface area contributed by atoms with Crippen molar-refractivity contribution in [3.8, 4) is 0 Å². The summed E-state index contributed by atoms with van der Waals surface area (Å²) < 4.78 is 11.2. The van der Waals surface area contributed by atoms with E-state index < -0.39 is 18.1 Å². The van der Waals surface area contributed by atoms with E-state index in [1.165, 1.54) is 0 Å². The van der Waals surface area contributed by atoms with Gasteiger partial charge >= 0.3 is 12.1 Å². The minimum absolute atomic E-state index is 0.00166. The number of esters is 1. The lowest BCUT2D eigenvalue weighted by Gasteiger charge is -2.26. The van der Waals surface area contributed by atoms with Crippen LogP contribution in [0.15, 0.2) is 86.0 Å². The van der Waals surface area contributed by atoms with Crippen LogP contribution >= 0.6 is 0 Å². The second-order valence-electron chi connectivity index (χ2n) is 12.9. The number of ether oxygens (including phenoxy) is 2. The highest BCUT2D eigenvalue weighted by atomic mass is 16.5. The third-order valence-electron chi connectivity index (χ3n) is 9.00. The van der Waals surface area contributed by atoms with Gasteiger partial charge in [0.15, 0.2) is 0 Å². The molecule has 0 aliphatic carbocycles. The second kappa shape index (κ2) is 23.1. The van der Waals surface area contributed by atoms with Gasteiger partial charge in [0.2, 0.25) is 11.8 Å². The first-order valence-electron chi connectivity index (χ1n) is 17.9. The molecule has 10 heteroatoms. The number of carbonyl (C=O) groups excluding carboxylic acids is 4. The molecule has 272 valence electrons. The van der Waals surface area contributed by atoms with Gasteiger partial charge in [-0.2, -0.15) is 0 Å². The normalized spacial score (nSPS) is 15.7. The maximum absolute atomic E-state index is 13.6. The molecule has 1 aliphatic heterocycles. The summed E-state index contributed by atoms with van der Waals surface area (Å²) >= 11 is 0. The molecule has 2 aromatic carbocycles. The van der Waals surface area contributed by atoms with Crippen molar-refractivity contribution in [2.24, 2.45) is 11.8 Å². The Bertz CT molecular complexity index is 1340. The number of alkyl carbamates (subject to hydrolysis) is 1. The summed E-state index contributed by atoms with van der Waals surface area (Å²) in [5.41, 5.74) is 1.94. The van der Waals surface area contributed by atoms with Crippen molar-refractivity contribution in [3.63, 3.8) is 0 Å². The summed E-state index contributed by atoms with van der Waals surface area (Å²) in [5.74, 6) is -1.79. The number of rotatable bonds is 23. The Morgan fingerprint density at radius 1 is 0.900 bits per heavy atom. The number of hydrogen-bond donors (Lipinski definition) is 3. The van der Waals surface area contributed by atoms with E-state index in [1.807, 2.05) is 66.7 Å². The first kappa shape index (κ1) is 40.0. The summed E-state index contributed by atoms with van der Waals surface area (Å²) in [6, 6.07) is 18.5. The standard InChI is InChI=1S/C40H55N3O7/c1-3-5-8-21-34(26-31-17-9-6-10-18-31)39(47)49-30-35(22-13-14-24-41-40(48)50-29-32-19-11-7-12-20-32)42-38(46)33(16-4-2)27-37(45)43-25-15-23-36(43)28-44/h3-4,6-7,9-12,17-20,33-36,44H,1-2,5,8,13-16,21-30H2,(H,41,48)(H,42,46)/t33-,34+,35-,36-/m0/s1. The third-order valence-corrected chi connectivity index (χ3v) is 9.00. The van der Waals surface area contributed by atoms with E-state index in [9.17, 15) is 24.3 Å². The second-order valence-corrected chi connectivity index (χ2v) is 12.9. The van der Waals surface area contributed by atoms with Crippen LogP contribution in [0.1, 0.15) is 75.3 Å². The average molecular weight is 690 g/mol.